The van der Waals surface area contributed by atoms with E-state index >= 15 is 0 Å². The van der Waals surface area contributed by atoms with Gasteiger partial charge < -0.3 is 14.8 Å². The van der Waals surface area contributed by atoms with Crippen molar-refractivity contribution >= 4 is 0 Å². The molecule has 0 saturated carbocycles. The fourth-order valence-electron chi connectivity index (χ4n) is 2.44. The Morgan fingerprint density at radius 1 is 1.44 bits per heavy atom. The second-order valence-electron chi connectivity index (χ2n) is 4.98. The highest BCUT2D eigenvalue weighted by molar-refractivity contribution is 5.37. The normalized spacial score (nSPS) is 24.2. The van der Waals surface area contributed by atoms with E-state index in [1.54, 1.807) is 0 Å². The maximum absolute atomic E-state index is 5.75. The van der Waals surface area contributed by atoms with Crippen molar-refractivity contribution in [1.82, 2.24) is 5.32 Å². The highest BCUT2D eigenvalue weighted by Gasteiger charge is 2.27. The van der Waals surface area contributed by atoms with Gasteiger partial charge >= 0.3 is 0 Å². The Kier molecular flexibility index (Phi) is 4.61. The van der Waals surface area contributed by atoms with Crippen LogP contribution in [0, 0.1) is 5.92 Å². The molecule has 1 aliphatic rings. The molecule has 0 fully saturated rings. The Hall–Kier alpha value is -1.06. The molecule has 3 heteroatoms. The first-order valence-corrected chi connectivity index (χ1v) is 6.79. The molecule has 100 valence electrons. The third kappa shape index (κ3) is 3.03. The van der Waals surface area contributed by atoms with E-state index in [-0.39, 0.29) is 6.10 Å². The van der Waals surface area contributed by atoms with Gasteiger partial charge in [0, 0.05) is 30.7 Å². The minimum absolute atomic E-state index is 0.247. The van der Waals surface area contributed by atoms with Gasteiger partial charge in [0.1, 0.15) is 5.75 Å². The third-order valence-electron chi connectivity index (χ3n) is 3.40. The van der Waals surface area contributed by atoms with E-state index in [1.165, 1.54) is 5.56 Å². The molecule has 0 radical (unpaired) electrons. The van der Waals surface area contributed by atoms with Gasteiger partial charge in [-0.1, -0.05) is 25.1 Å². The van der Waals surface area contributed by atoms with Gasteiger partial charge in [-0.25, -0.2) is 0 Å². The molecule has 3 nitrogen and oxygen atoms in total. The first-order chi connectivity index (χ1) is 8.72. The van der Waals surface area contributed by atoms with Gasteiger partial charge in [0.2, 0.25) is 0 Å². The van der Waals surface area contributed by atoms with Crippen molar-refractivity contribution in [3.8, 4) is 5.75 Å². The molecule has 1 aromatic rings. The zero-order valence-corrected chi connectivity index (χ0v) is 11.5. The van der Waals surface area contributed by atoms with Crippen molar-refractivity contribution in [2.45, 2.75) is 32.9 Å². The summed E-state index contributed by atoms with van der Waals surface area (Å²) in [6.45, 7) is 8.77. The van der Waals surface area contributed by atoms with Crippen LogP contribution in [0.3, 0.4) is 0 Å². The fourth-order valence-corrected chi connectivity index (χ4v) is 2.44. The standard InChI is InChI=1S/C15H23NO2/c1-4-17-12(3)9-16-15-11(2)10-18-14-8-6-5-7-13(14)15/h5-8,11-12,15-16H,4,9-10H2,1-3H3. The zero-order chi connectivity index (χ0) is 13.0. The van der Waals surface area contributed by atoms with Gasteiger partial charge in [0.15, 0.2) is 0 Å². The molecule has 3 atom stereocenters. The smallest absolute Gasteiger partial charge is 0.124 e. The summed E-state index contributed by atoms with van der Waals surface area (Å²) in [5.74, 6) is 1.49. The van der Waals surface area contributed by atoms with Gasteiger partial charge in [0.05, 0.1) is 12.7 Å². The van der Waals surface area contributed by atoms with E-state index in [0.717, 1.165) is 25.5 Å². The fraction of sp³-hybridized carbons (Fsp3) is 0.600. The summed E-state index contributed by atoms with van der Waals surface area (Å²) in [7, 11) is 0. The molecule has 0 aromatic heterocycles. The molecule has 0 amide bonds. The number of ether oxygens (including phenoxy) is 2. The van der Waals surface area contributed by atoms with Crippen molar-refractivity contribution in [2.75, 3.05) is 19.8 Å². The predicted molar refractivity (Wildman–Crippen MR) is 72.9 cm³/mol. The van der Waals surface area contributed by atoms with Gasteiger partial charge in [0.25, 0.3) is 0 Å². The monoisotopic (exact) mass is 249 g/mol. The Bertz CT molecular complexity index is 381. The molecule has 1 aromatic carbocycles. The lowest BCUT2D eigenvalue weighted by Gasteiger charge is -2.33. The number of benzene rings is 1. The zero-order valence-electron chi connectivity index (χ0n) is 11.5. The number of fused-ring (bicyclic) bond motifs is 1. The lowest BCUT2D eigenvalue weighted by atomic mass is 9.92. The number of nitrogens with one attached hydrogen (secondary N) is 1. The number of para-hydroxylation sites is 1. The number of hydrogen-bond donors (Lipinski definition) is 1. The van der Waals surface area contributed by atoms with Crippen molar-refractivity contribution < 1.29 is 9.47 Å². The van der Waals surface area contributed by atoms with Gasteiger partial charge in [-0.3, -0.25) is 0 Å². The van der Waals surface area contributed by atoms with E-state index in [9.17, 15) is 0 Å². The largest absolute Gasteiger partial charge is 0.493 e. The van der Waals surface area contributed by atoms with Crippen molar-refractivity contribution in [1.29, 1.82) is 0 Å². The molecule has 18 heavy (non-hydrogen) atoms. The van der Waals surface area contributed by atoms with Crippen molar-refractivity contribution in [3.05, 3.63) is 29.8 Å². The van der Waals surface area contributed by atoms with Crippen LogP contribution in [0.1, 0.15) is 32.4 Å². The Labute approximate surface area is 109 Å². The molecule has 0 aliphatic carbocycles. The molecule has 1 aliphatic heterocycles. The van der Waals surface area contributed by atoms with Crippen LogP contribution in [0.25, 0.3) is 0 Å². The number of hydrogen-bond acceptors (Lipinski definition) is 3. The van der Waals surface area contributed by atoms with E-state index in [0.29, 0.717) is 12.0 Å². The summed E-state index contributed by atoms with van der Waals surface area (Å²) in [6, 6.07) is 8.64. The Morgan fingerprint density at radius 2 is 2.22 bits per heavy atom. The van der Waals surface area contributed by atoms with E-state index in [2.05, 4.69) is 31.3 Å². The Morgan fingerprint density at radius 3 is 3.00 bits per heavy atom. The average molecular weight is 249 g/mol. The summed E-state index contributed by atoms with van der Waals surface area (Å²) in [6.07, 6.45) is 0.247. The second kappa shape index (κ2) is 6.21. The molecule has 1 N–H and O–H groups in total. The lowest BCUT2D eigenvalue weighted by molar-refractivity contribution is 0.0692. The quantitative estimate of drug-likeness (QED) is 0.870. The minimum Gasteiger partial charge on any atom is -0.493 e. The lowest BCUT2D eigenvalue weighted by Crippen LogP contribution is -2.37. The molecule has 2 rings (SSSR count). The predicted octanol–water partition coefficient (Wildman–Crippen LogP) is 2.77. The molecular formula is C15H23NO2. The van der Waals surface area contributed by atoms with Gasteiger partial charge in [-0.15, -0.1) is 0 Å². The van der Waals surface area contributed by atoms with Crippen LogP contribution >= 0.6 is 0 Å². The summed E-state index contributed by atoms with van der Waals surface area (Å²) in [4.78, 5) is 0. The summed E-state index contributed by atoms with van der Waals surface area (Å²) >= 11 is 0. The van der Waals surface area contributed by atoms with E-state index in [4.69, 9.17) is 9.47 Å². The van der Waals surface area contributed by atoms with Crippen LogP contribution in [0.2, 0.25) is 0 Å². The molecule has 0 bridgehead atoms. The molecule has 0 spiro atoms. The summed E-state index contributed by atoms with van der Waals surface area (Å²) < 4.78 is 11.3. The van der Waals surface area contributed by atoms with E-state index in [1.807, 2.05) is 19.1 Å². The summed E-state index contributed by atoms with van der Waals surface area (Å²) in [5, 5.41) is 3.61. The maximum atomic E-state index is 5.75. The second-order valence-corrected chi connectivity index (χ2v) is 4.98. The van der Waals surface area contributed by atoms with Crippen molar-refractivity contribution in [3.63, 3.8) is 0 Å². The van der Waals surface area contributed by atoms with Crippen LogP contribution in [0.15, 0.2) is 24.3 Å². The first kappa shape index (κ1) is 13.4. The van der Waals surface area contributed by atoms with E-state index < -0.39 is 0 Å². The minimum atomic E-state index is 0.247. The van der Waals surface area contributed by atoms with Crippen LogP contribution in [0.5, 0.6) is 5.75 Å². The van der Waals surface area contributed by atoms with Crippen LogP contribution < -0.4 is 10.1 Å². The van der Waals surface area contributed by atoms with Gasteiger partial charge in [-0.2, -0.15) is 0 Å². The van der Waals surface area contributed by atoms with Gasteiger partial charge in [-0.05, 0) is 19.9 Å². The SMILES string of the molecule is CCOC(C)CNC1c2ccccc2OCC1C. The highest BCUT2D eigenvalue weighted by Crippen LogP contribution is 2.34. The van der Waals surface area contributed by atoms with Crippen LogP contribution in [-0.2, 0) is 4.74 Å². The molecule has 1 heterocycles. The molecule has 3 unspecified atom stereocenters. The molecule has 0 saturated heterocycles. The molecular weight excluding hydrogens is 226 g/mol. The Balaban J connectivity index is 2.03. The maximum Gasteiger partial charge on any atom is 0.124 e. The topological polar surface area (TPSA) is 30.5 Å². The highest BCUT2D eigenvalue weighted by atomic mass is 16.5. The summed E-state index contributed by atoms with van der Waals surface area (Å²) in [5.41, 5.74) is 1.26. The number of rotatable bonds is 5. The van der Waals surface area contributed by atoms with Crippen molar-refractivity contribution in [2.24, 2.45) is 5.92 Å². The first-order valence-electron chi connectivity index (χ1n) is 6.79. The van der Waals surface area contributed by atoms with Crippen LogP contribution in [0.4, 0.5) is 0 Å². The van der Waals surface area contributed by atoms with Crippen LogP contribution in [-0.4, -0.2) is 25.9 Å². The average Bonchev–Trinajstić information content (AvgIpc) is 2.38. The third-order valence-corrected chi connectivity index (χ3v) is 3.40.